The summed E-state index contributed by atoms with van der Waals surface area (Å²) in [5.41, 5.74) is 4.27. The highest BCUT2D eigenvalue weighted by Crippen LogP contribution is 2.40. The van der Waals surface area contributed by atoms with Crippen LogP contribution in [0.25, 0.3) is 6.08 Å². The monoisotopic (exact) mass is 234 g/mol. The predicted octanol–water partition coefficient (Wildman–Crippen LogP) is 4.08. The molecule has 0 aliphatic heterocycles. The first-order valence-corrected chi connectivity index (χ1v) is 6.58. The van der Waals surface area contributed by atoms with E-state index in [9.17, 15) is 0 Å². The molecule has 0 amide bonds. The van der Waals surface area contributed by atoms with Gasteiger partial charge in [-0.1, -0.05) is 30.0 Å². The Labute approximate surface area is 101 Å². The maximum atomic E-state index is 4.03. The molecular formula is C13H18N2S. The zero-order valence-corrected chi connectivity index (χ0v) is 11.0. The van der Waals surface area contributed by atoms with Crippen molar-refractivity contribution in [2.45, 2.75) is 40.0 Å². The number of allylic oxidation sites excluding steroid dienone is 3. The lowest BCUT2D eigenvalue weighted by Gasteiger charge is -2.32. The minimum atomic E-state index is 0.308. The molecule has 0 fully saturated rings. The van der Waals surface area contributed by atoms with Crippen LogP contribution in [-0.2, 0) is 0 Å². The van der Waals surface area contributed by atoms with E-state index in [1.54, 1.807) is 0 Å². The van der Waals surface area contributed by atoms with E-state index in [0.717, 1.165) is 5.69 Å². The van der Waals surface area contributed by atoms with Gasteiger partial charge in [0.05, 0.1) is 5.69 Å². The van der Waals surface area contributed by atoms with E-state index in [4.69, 9.17) is 0 Å². The Bertz CT molecular complexity index is 413. The molecule has 1 aromatic heterocycles. The molecular weight excluding hydrogens is 216 g/mol. The van der Waals surface area contributed by atoms with Crippen LogP contribution in [0.15, 0.2) is 22.6 Å². The zero-order valence-electron chi connectivity index (χ0n) is 10.2. The van der Waals surface area contributed by atoms with E-state index in [-0.39, 0.29) is 0 Å². The van der Waals surface area contributed by atoms with Crippen molar-refractivity contribution in [3.05, 3.63) is 28.3 Å². The highest BCUT2D eigenvalue weighted by Gasteiger charge is 2.26. The molecule has 1 aliphatic carbocycles. The molecule has 16 heavy (non-hydrogen) atoms. The number of hydrogen-bond acceptors (Lipinski definition) is 3. The lowest BCUT2D eigenvalue weighted by atomic mass is 9.72. The van der Waals surface area contributed by atoms with E-state index >= 15 is 0 Å². The molecule has 1 aliphatic rings. The van der Waals surface area contributed by atoms with Crippen LogP contribution in [0.2, 0.25) is 0 Å². The third-order valence-corrected chi connectivity index (χ3v) is 3.86. The van der Waals surface area contributed by atoms with Crippen LogP contribution in [-0.4, -0.2) is 9.59 Å². The lowest BCUT2D eigenvalue weighted by molar-refractivity contribution is 0.377. The summed E-state index contributed by atoms with van der Waals surface area (Å²) in [5.74, 6) is 0. The van der Waals surface area contributed by atoms with E-state index in [1.807, 2.05) is 5.38 Å². The number of rotatable bonds is 2. The molecule has 0 saturated heterocycles. The number of aromatic nitrogens is 2. The second-order valence-electron chi connectivity index (χ2n) is 5.09. The van der Waals surface area contributed by atoms with E-state index in [0.29, 0.717) is 5.41 Å². The Kier molecular flexibility index (Phi) is 3.24. The van der Waals surface area contributed by atoms with Crippen molar-refractivity contribution in [2.24, 2.45) is 5.41 Å². The van der Waals surface area contributed by atoms with Crippen molar-refractivity contribution in [1.82, 2.24) is 9.59 Å². The molecule has 2 nitrogen and oxygen atoms in total. The first kappa shape index (κ1) is 11.5. The minimum absolute atomic E-state index is 0.308. The molecule has 0 unspecified atom stereocenters. The van der Waals surface area contributed by atoms with Crippen LogP contribution >= 0.6 is 11.5 Å². The van der Waals surface area contributed by atoms with Gasteiger partial charge in [-0.3, -0.25) is 0 Å². The van der Waals surface area contributed by atoms with Gasteiger partial charge in [0, 0.05) is 5.38 Å². The Morgan fingerprint density at radius 3 is 2.81 bits per heavy atom. The van der Waals surface area contributed by atoms with Crippen LogP contribution in [0.4, 0.5) is 0 Å². The zero-order chi connectivity index (χ0) is 11.6. The summed E-state index contributed by atoms with van der Waals surface area (Å²) in [6, 6.07) is 0. The van der Waals surface area contributed by atoms with E-state index in [1.165, 1.54) is 41.9 Å². The lowest BCUT2D eigenvalue weighted by Crippen LogP contribution is -2.18. The number of hydrogen-bond donors (Lipinski definition) is 0. The summed E-state index contributed by atoms with van der Waals surface area (Å²) in [6.45, 7) is 6.91. The normalized spacial score (nSPS) is 20.7. The van der Waals surface area contributed by atoms with Gasteiger partial charge in [0.1, 0.15) is 0 Å². The highest BCUT2D eigenvalue weighted by atomic mass is 32.1. The molecule has 1 aromatic rings. The summed E-state index contributed by atoms with van der Waals surface area (Å²) in [7, 11) is 0. The molecule has 0 N–H and O–H groups in total. The quantitative estimate of drug-likeness (QED) is 0.770. The fourth-order valence-corrected chi connectivity index (χ4v) is 2.85. The largest absolute Gasteiger partial charge is 0.139 e. The Balaban J connectivity index is 2.25. The average molecular weight is 234 g/mol. The Hall–Kier alpha value is -0.960. The molecule has 0 atom stereocenters. The topological polar surface area (TPSA) is 25.8 Å². The van der Waals surface area contributed by atoms with Crippen molar-refractivity contribution in [3.8, 4) is 0 Å². The number of nitrogens with zero attached hydrogens (tertiary/aromatic N) is 2. The summed E-state index contributed by atoms with van der Waals surface area (Å²) in [5, 5.41) is 6.01. The van der Waals surface area contributed by atoms with Crippen LogP contribution in [0.3, 0.4) is 0 Å². The fourth-order valence-electron chi connectivity index (χ4n) is 2.42. The van der Waals surface area contributed by atoms with Crippen molar-refractivity contribution >= 4 is 17.6 Å². The summed E-state index contributed by atoms with van der Waals surface area (Å²) in [6.07, 6.45) is 8.13. The highest BCUT2D eigenvalue weighted by molar-refractivity contribution is 7.03. The molecule has 3 heteroatoms. The maximum absolute atomic E-state index is 4.03. The molecule has 2 rings (SSSR count). The standard InChI is InChI=1S/C13H18N2S/c1-10-5-4-8-13(2,3)12(10)7-6-11-9-16-15-14-11/h6-7,9H,4-5,8H2,1-3H3/b7-6+. The fraction of sp³-hybridized carbons (Fsp3) is 0.538. The minimum Gasteiger partial charge on any atom is -0.139 e. The molecule has 0 bridgehead atoms. The van der Waals surface area contributed by atoms with Crippen LogP contribution in [0.1, 0.15) is 45.7 Å². The second kappa shape index (κ2) is 4.50. The summed E-state index contributed by atoms with van der Waals surface area (Å²) < 4.78 is 3.87. The van der Waals surface area contributed by atoms with Gasteiger partial charge in [-0.05, 0) is 54.8 Å². The van der Waals surface area contributed by atoms with Gasteiger partial charge in [0.2, 0.25) is 0 Å². The van der Waals surface area contributed by atoms with Gasteiger partial charge in [0.15, 0.2) is 0 Å². The van der Waals surface area contributed by atoms with Gasteiger partial charge >= 0.3 is 0 Å². The van der Waals surface area contributed by atoms with Gasteiger partial charge in [0.25, 0.3) is 0 Å². The van der Waals surface area contributed by atoms with Crippen LogP contribution in [0, 0.1) is 5.41 Å². The van der Waals surface area contributed by atoms with E-state index < -0.39 is 0 Å². The van der Waals surface area contributed by atoms with Gasteiger partial charge < -0.3 is 0 Å². The molecule has 1 heterocycles. The Morgan fingerprint density at radius 1 is 1.38 bits per heavy atom. The van der Waals surface area contributed by atoms with Crippen LogP contribution < -0.4 is 0 Å². The van der Waals surface area contributed by atoms with Crippen molar-refractivity contribution in [2.75, 3.05) is 0 Å². The SMILES string of the molecule is CC1=C(/C=C/c2csnn2)C(C)(C)CCC1. The first-order valence-electron chi connectivity index (χ1n) is 5.75. The molecule has 0 spiro atoms. The average Bonchev–Trinajstić information content (AvgIpc) is 2.68. The third-order valence-electron chi connectivity index (χ3n) is 3.34. The molecule has 0 aromatic carbocycles. The van der Waals surface area contributed by atoms with Gasteiger partial charge in [-0.2, -0.15) is 0 Å². The Morgan fingerprint density at radius 2 is 2.19 bits per heavy atom. The van der Waals surface area contributed by atoms with Crippen molar-refractivity contribution < 1.29 is 0 Å². The van der Waals surface area contributed by atoms with E-state index in [2.05, 4.69) is 42.5 Å². The first-order chi connectivity index (χ1) is 7.59. The van der Waals surface area contributed by atoms with Crippen molar-refractivity contribution in [1.29, 1.82) is 0 Å². The molecule has 0 saturated carbocycles. The molecule has 0 radical (unpaired) electrons. The maximum Gasteiger partial charge on any atom is 0.0982 e. The van der Waals surface area contributed by atoms with Gasteiger partial charge in [-0.15, -0.1) is 5.10 Å². The smallest absolute Gasteiger partial charge is 0.0982 e. The summed E-state index contributed by atoms with van der Waals surface area (Å²) >= 11 is 1.40. The van der Waals surface area contributed by atoms with Crippen molar-refractivity contribution in [3.63, 3.8) is 0 Å². The summed E-state index contributed by atoms with van der Waals surface area (Å²) in [4.78, 5) is 0. The third kappa shape index (κ3) is 2.40. The second-order valence-corrected chi connectivity index (χ2v) is 5.70. The molecule has 86 valence electrons. The predicted molar refractivity (Wildman–Crippen MR) is 69.3 cm³/mol. The van der Waals surface area contributed by atoms with Gasteiger partial charge in [-0.25, -0.2) is 0 Å². The van der Waals surface area contributed by atoms with Crippen LogP contribution in [0.5, 0.6) is 0 Å².